The zero-order valence-corrected chi connectivity index (χ0v) is 10.8. The van der Waals surface area contributed by atoms with Crippen molar-refractivity contribution in [1.29, 1.82) is 0 Å². The van der Waals surface area contributed by atoms with E-state index in [4.69, 9.17) is 5.11 Å². The minimum absolute atomic E-state index is 0.0231. The van der Waals surface area contributed by atoms with Gasteiger partial charge in [-0.3, -0.25) is 0 Å². The highest BCUT2D eigenvalue weighted by Gasteiger charge is 2.39. The van der Waals surface area contributed by atoms with Crippen molar-refractivity contribution >= 4 is 16.1 Å². The molecule has 1 amide bonds. The van der Waals surface area contributed by atoms with Crippen molar-refractivity contribution in [3.05, 3.63) is 0 Å². The number of aliphatic hydroxyl groups excluding tert-OH is 1. The van der Waals surface area contributed by atoms with Gasteiger partial charge in [-0.15, -0.1) is 0 Å². The fourth-order valence-electron chi connectivity index (χ4n) is 2.69. The third kappa shape index (κ3) is 2.60. The predicted octanol–water partition coefficient (Wildman–Crippen LogP) is -0.617. The van der Waals surface area contributed by atoms with E-state index in [1.54, 1.807) is 0 Å². The number of carboxylic acid groups (broad SMARTS) is 1. The molecular formula is C10H18N2O5S. The van der Waals surface area contributed by atoms with Crippen molar-refractivity contribution in [3.63, 3.8) is 0 Å². The number of amides is 1. The zero-order valence-electron chi connectivity index (χ0n) is 10.0. The molecule has 3 unspecified atom stereocenters. The van der Waals surface area contributed by atoms with Crippen LogP contribution in [-0.2, 0) is 10.0 Å². The average molecular weight is 278 g/mol. The largest absolute Gasteiger partial charge is 0.465 e. The Bertz CT molecular complexity index is 424. The average Bonchev–Trinajstić information content (AvgIpc) is 2.56. The Balaban J connectivity index is 2.31. The van der Waals surface area contributed by atoms with Gasteiger partial charge >= 0.3 is 6.09 Å². The molecule has 2 N–H and O–H groups in total. The van der Waals surface area contributed by atoms with Crippen LogP contribution < -0.4 is 0 Å². The Morgan fingerprint density at radius 3 is 2.61 bits per heavy atom. The van der Waals surface area contributed by atoms with Crippen molar-refractivity contribution in [2.75, 3.05) is 32.0 Å². The maximum atomic E-state index is 12.1. The Morgan fingerprint density at radius 1 is 1.28 bits per heavy atom. The fraction of sp³-hybridized carbons (Fsp3) is 0.900. The molecule has 2 rings (SSSR count). The van der Waals surface area contributed by atoms with Crippen LogP contribution in [-0.4, -0.2) is 72.0 Å². The van der Waals surface area contributed by atoms with Gasteiger partial charge in [0.2, 0.25) is 10.0 Å². The number of nitrogens with zero attached hydrogens (tertiary/aromatic N) is 2. The lowest BCUT2D eigenvalue weighted by Gasteiger charge is -2.28. The summed E-state index contributed by atoms with van der Waals surface area (Å²) < 4.78 is 25.4. The number of fused-ring (bicyclic) bond motifs is 2. The van der Waals surface area contributed by atoms with Crippen molar-refractivity contribution in [2.45, 2.75) is 18.9 Å². The van der Waals surface area contributed by atoms with Crippen molar-refractivity contribution in [3.8, 4) is 0 Å². The van der Waals surface area contributed by atoms with E-state index in [2.05, 4.69) is 0 Å². The second kappa shape index (κ2) is 5.02. The first-order chi connectivity index (χ1) is 8.44. The van der Waals surface area contributed by atoms with Crippen molar-refractivity contribution in [2.24, 2.45) is 5.92 Å². The summed E-state index contributed by atoms with van der Waals surface area (Å²) in [4.78, 5) is 12.3. The first-order valence-electron chi connectivity index (χ1n) is 6.02. The number of sulfonamides is 1. The van der Waals surface area contributed by atoms with E-state index < -0.39 is 22.2 Å². The summed E-state index contributed by atoms with van der Waals surface area (Å²) in [5.41, 5.74) is 0. The van der Waals surface area contributed by atoms with Crippen LogP contribution in [0, 0.1) is 5.92 Å². The molecule has 0 aliphatic carbocycles. The van der Waals surface area contributed by atoms with Gasteiger partial charge in [-0.25, -0.2) is 13.2 Å². The molecule has 2 bridgehead atoms. The van der Waals surface area contributed by atoms with Crippen LogP contribution in [0.15, 0.2) is 0 Å². The van der Waals surface area contributed by atoms with E-state index >= 15 is 0 Å². The number of aliphatic hydroxyl groups is 1. The van der Waals surface area contributed by atoms with Gasteiger partial charge in [-0.2, -0.15) is 4.31 Å². The van der Waals surface area contributed by atoms with Gasteiger partial charge in [-0.1, -0.05) is 0 Å². The molecule has 0 aromatic carbocycles. The summed E-state index contributed by atoms with van der Waals surface area (Å²) in [6, 6.07) is -0.658. The van der Waals surface area contributed by atoms with Crippen LogP contribution in [0.4, 0.5) is 4.79 Å². The normalized spacial score (nSPS) is 35.6. The molecule has 0 saturated carbocycles. The topological polar surface area (TPSA) is 98.2 Å². The van der Waals surface area contributed by atoms with E-state index in [0.29, 0.717) is 25.9 Å². The zero-order chi connectivity index (χ0) is 13.3. The third-order valence-electron chi connectivity index (χ3n) is 3.61. The summed E-state index contributed by atoms with van der Waals surface area (Å²) in [7, 11) is -3.37. The quantitative estimate of drug-likeness (QED) is 0.666. The highest BCUT2D eigenvalue weighted by molar-refractivity contribution is 7.89. The summed E-state index contributed by atoms with van der Waals surface area (Å²) in [5.74, 6) is 0.113. The summed E-state index contributed by atoms with van der Waals surface area (Å²) in [5, 5.41) is 18.4. The molecule has 3 atom stereocenters. The molecule has 0 spiro atoms. The molecule has 0 aromatic rings. The molecule has 104 valence electrons. The monoisotopic (exact) mass is 278 g/mol. The van der Waals surface area contributed by atoms with Gasteiger partial charge in [0.1, 0.15) is 0 Å². The van der Waals surface area contributed by atoms with Crippen LogP contribution in [0.3, 0.4) is 0 Å². The summed E-state index contributed by atoms with van der Waals surface area (Å²) >= 11 is 0. The second-order valence-electron chi connectivity index (χ2n) is 4.92. The molecule has 2 saturated heterocycles. The highest BCUT2D eigenvalue weighted by atomic mass is 32.2. The number of hydrogen-bond acceptors (Lipinski definition) is 4. The molecule has 2 fully saturated rings. The van der Waals surface area contributed by atoms with Gasteiger partial charge in [0, 0.05) is 19.6 Å². The minimum Gasteiger partial charge on any atom is -0.465 e. The molecule has 18 heavy (non-hydrogen) atoms. The lowest BCUT2D eigenvalue weighted by Crippen LogP contribution is -2.47. The molecule has 0 radical (unpaired) electrons. The smallest absolute Gasteiger partial charge is 0.407 e. The Morgan fingerprint density at radius 2 is 2.00 bits per heavy atom. The minimum atomic E-state index is -3.37. The SMILES string of the molecule is O=C(O)N1CC2CCCS(=O)(=O)N(C2)C(CO)C1. The maximum absolute atomic E-state index is 12.1. The van der Waals surface area contributed by atoms with Crippen LogP contribution >= 0.6 is 0 Å². The molecule has 0 aromatic heterocycles. The molecule has 2 heterocycles. The van der Waals surface area contributed by atoms with Gasteiger partial charge < -0.3 is 15.1 Å². The van der Waals surface area contributed by atoms with Gasteiger partial charge in [0.15, 0.2) is 0 Å². The van der Waals surface area contributed by atoms with Crippen LogP contribution in [0.25, 0.3) is 0 Å². The lowest BCUT2D eigenvalue weighted by atomic mass is 10.0. The lowest BCUT2D eigenvalue weighted by molar-refractivity contribution is 0.126. The molecule has 2 aliphatic heterocycles. The van der Waals surface area contributed by atoms with Crippen LogP contribution in [0.2, 0.25) is 0 Å². The van der Waals surface area contributed by atoms with E-state index in [9.17, 15) is 18.3 Å². The Kier molecular flexibility index (Phi) is 3.79. The molecule has 8 heteroatoms. The Labute approximate surface area is 106 Å². The van der Waals surface area contributed by atoms with Crippen molar-refractivity contribution < 1.29 is 23.4 Å². The first-order valence-corrected chi connectivity index (χ1v) is 7.63. The fourth-order valence-corrected chi connectivity index (χ4v) is 4.48. The number of hydrogen-bond donors (Lipinski definition) is 2. The van der Waals surface area contributed by atoms with E-state index in [1.165, 1.54) is 9.21 Å². The van der Waals surface area contributed by atoms with Crippen LogP contribution in [0.1, 0.15) is 12.8 Å². The van der Waals surface area contributed by atoms with Gasteiger partial charge in [0.05, 0.1) is 18.4 Å². The van der Waals surface area contributed by atoms with Gasteiger partial charge in [0.25, 0.3) is 0 Å². The predicted molar refractivity (Wildman–Crippen MR) is 63.7 cm³/mol. The number of rotatable bonds is 1. The standard InChI is InChI=1S/C10H18N2O5S/c13-7-9-6-11(10(14)15)4-8-2-1-3-18(16,17)12(9)5-8/h8-9,13H,1-7H2,(H,14,15). The van der Waals surface area contributed by atoms with E-state index in [0.717, 1.165) is 0 Å². The van der Waals surface area contributed by atoms with Crippen molar-refractivity contribution in [1.82, 2.24) is 9.21 Å². The molecule has 2 aliphatic rings. The Hall–Kier alpha value is -0.860. The first kappa shape index (κ1) is 13.6. The van der Waals surface area contributed by atoms with E-state index in [1.807, 2.05) is 0 Å². The third-order valence-corrected chi connectivity index (χ3v) is 5.57. The van der Waals surface area contributed by atoms with Crippen LogP contribution in [0.5, 0.6) is 0 Å². The molecule has 7 nitrogen and oxygen atoms in total. The second-order valence-corrected chi connectivity index (χ2v) is 6.96. The van der Waals surface area contributed by atoms with E-state index in [-0.39, 0.29) is 24.8 Å². The number of carbonyl (C=O) groups is 1. The highest BCUT2D eigenvalue weighted by Crippen LogP contribution is 2.25. The maximum Gasteiger partial charge on any atom is 0.407 e. The summed E-state index contributed by atoms with van der Waals surface area (Å²) in [6.45, 7) is 0.354. The molecular weight excluding hydrogens is 260 g/mol. The summed E-state index contributed by atoms with van der Waals surface area (Å²) in [6.07, 6.45) is 0.200. The van der Waals surface area contributed by atoms with Gasteiger partial charge in [-0.05, 0) is 18.8 Å².